The summed E-state index contributed by atoms with van der Waals surface area (Å²) in [5.41, 5.74) is 6.05. The van der Waals surface area contributed by atoms with Crippen LogP contribution in [0.15, 0.2) is 24.4 Å². The van der Waals surface area contributed by atoms with E-state index in [0.29, 0.717) is 14.3 Å². The molecule has 2 N–H and O–H groups in total. The number of rotatable bonds is 1. The molecule has 0 fully saturated rings. The number of halogens is 2. The van der Waals surface area contributed by atoms with E-state index in [-0.39, 0.29) is 5.82 Å². The molecular formula is C9H6FIN2S. The number of thiazole rings is 1. The van der Waals surface area contributed by atoms with Crippen LogP contribution in [0.4, 0.5) is 9.52 Å². The molecule has 72 valence electrons. The number of aromatic nitrogens is 1. The number of hydrogen-bond acceptors (Lipinski definition) is 3. The molecule has 5 heteroatoms. The lowest BCUT2D eigenvalue weighted by molar-refractivity contribution is 0.624. The summed E-state index contributed by atoms with van der Waals surface area (Å²) in [4.78, 5) is 4.65. The minimum atomic E-state index is -0.211. The summed E-state index contributed by atoms with van der Waals surface area (Å²) in [5, 5.41) is 0.457. The summed E-state index contributed by atoms with van der Waals surface area (Å²) in [6.07, 6.45) is 1.59. The van der Waals surface area contributed by atoms with Gasteiger partial charge < -0.3 is 5.73 Å². The molecule has 0 saturated heterocycles. The molecule has 0 aliphatic rings. The zero-order valence-electron chi connectivity index (χ0n) is 7.00. The van der Waals surface area contributed by atoms with Crippen LogP contribution < -0.4 is 5.73 Å². The van der Waals surface area contributed by atoms with Crippen LogP contribution in [0.3, 0.4) is 0 Å². The average Bonchev–Trinajstić information content (AvgIpc) is 2.57. The third kappa shape index (κ3) is 1.74. The minimum absolute atomic E-state index is 0.211. The quantitative estimate of drug-likeness (QED) is 0.820. The Bertz CT molecular complexity index is 470. The topological polar surface area (TPSA) is 38.9 Å². The molecule has 14 heavy (non-hydrogen) atoms. The first-order valence-corrected chi connectivity index (χ1v) is 5.73. The number of benzene rings is 1. The number of anilines is 1. The Hall–Kier alpha value is -0.690. The lowest BCUT2D eigenvalue weighted by atomic mass is 10.2. The first-order valence-electron chi connectivity index (χ1n) is 3.84. The zero-order valence-corrected chi connectivity index (χ0v) is 9.97. The maximum Gasteiger partial charge on any atom is 0.180 e. The molecule has 1 heterocycles. The van der Waals surface area contributed by atoms with Crippen molar-refractivity contribution in [2.45, 2.75) is 0 Å². The Kier molecular flexibility index (Phi) is 2.69. The summed E-state index contributed by atoms with van der Waals surface area (Å²) in [5.74, 6) is -0.211. The van der Waals surface area contributed by atoms with Crippen molar-refractivity contribution < 1.29 is 4.39 Å². The number of hydrogen-bond donors (Lipinski definition) is 1. The highest BCUT2D eigenvalue weighted by molar-refractivity contribution is 14.1. The molecule has 0 aliphatic heterocycles. The van der Waals surface area contributed by atoms with Gasteiger partial charge in [-0.2, -0.15) is 0 Å². The van der Waals surface area contributed by atoms with E-state index in [9.17, 15) is 4.39 Å². The SMILES string of the molecule is Nc1ncc(-c2cccc(I)c2F)s1. The molecule has 0 saturated carbocycles. The Balaban J connectivity index is 2.57. The van der Waals surface area contributed by atoms with Gasteiger partial charge in [-0.05, 0) is 28.7 Å². The van der Waals surface area contributed by atoms with Gasteiger partial charge in [-0.3, -0.25) is 0 Å². The van der Waals surface area contributed by atoms with E-state index in [1.54, 1.807) is 18.3 Å². The summed E-state index contributed by atoms with van der Waals surface area (Å²) in [6.45, 7) is 0. The van der Waals surface area contributed by atoms with Gasteiger partial charge in [0.05, 0.1) is 4.88 Å². The monoisotopic (exact) mass is 320 g/mol. The van der Waals surface area contributed by atoms with E-state index < -0.39 is 0 Å². The Morgan fingerprint density at radius 1 is 1.43 bits per heavy atom. The van der Waals surface area contributed by atoms with Gasteiger partial charge in [0.2, 0.25) is 0 Å². The molecule has 0 aliphatic carbocycles. The van der Waals surface area contributed by atoms with Crippen LogP contribution in [0.25, 0.3) is 10.4 Å². The fourth-order valence-corrected chi connectivity index (χ4v) is 2.31. The third-order valence-electron chi connectivity index (χ3n) is 1.74. The molecule has 0 radical (unpaired) electrons. The van der Waals surface area contributed by atoms with Crippen LogP contribution in [0, 0.1) is 9.39 Å². The second-order valence-electron chi connectivity index (χ2n) is 2.66. The van der Waals surface area contributed by atoms with Gasteiger partial charge in [0, 0.05) is 15.3 Å². The molecule has 1 aromatic carbocycles. The summed E-state index contributed by atoms with van der Waals surface area (Å²) >= 11 is 3.25. The maximum atomic E-state index is 13.6. The van der Waals surface area contributed by atoms with Crippen molar-refractivity contribution >= 4 is 39.1 Å². The second-order valence-corrected chi connectivity index (χ2v) is 4.89. The van der Waals surface area contributed by atoms with Gasteiger partial charge in [-0.1, -0.05) is 23.5 Å². The molecule has 0 unspecified atom stereocenters. The molecule has 2 nitrogen and oxygen atoms in total. The van der Waals surface area contributed by atoms with Crippen molar-refractivity contribution in [3.8, 4) is 10.4 Å². The summed E-state index contributed by atoms with van der Waals surface area (Å²) in [7, 11) is 0. The molecule has 0 atom stereocenters. The highest BCUT2D eigenvalue weighted by Crippen LogP contribution is 2.30. The lowest BCUT2D eigenvalue weighted by Crippen LogP contribution is -1.85. The van der Waals surface area contributed by atoms with Crippen LogP contribution in [-0.4, -0.2) is 4.98 Å². The third-order valence-corrected chi connectivity index (χ3v) is 3.43. The minimum Gasteiger partial charge on any atom is -0.375 e. The standard InChI is InChI=1S/C9H6FIN2S/c10-8-5(2-1-3-6(8)11)7-4-13-9(12)14-7/h1-4H,(H2,12,13). The molecule has 0 bridgehead atoms. The Morgan fingerprint density at radius 3 is 2.86 bits per heavy atom. The van der Waals surface area contributed by atoms with Crippen molar-refractivity contribution in [2.75, 3.05) is 5.73 Å². The predicted octanol–water partition coefficient (Wildman–Crippen LogP) is 3.14. The van der Waals surface area contributed by atoms with E-state index in [1.807, 2.05) is 28.7 Å². The molecule has 2 aromatic rings. The van der Waals surface area contributed by atoms with Gasteiger partial charge in [0.25, 0.3) is 0 Å². The zero-order chi connectivity index (χ0) is 10.1. The Morgan fingerprint density at radius 2 is 2.21 bits per heavy atom. The molecule has 2 rings (SSSR count). The molecule has 0 spiro atoms. The smallest absolute Gasteiger partial charge is 0.180 e. The molecule has 1 aromatic heterocycles. The van der Waals surface area contributed by atoms with Gasteiger partial charge in [0.1, 0.15) is 5.82 Å². The van der Waals surface area contributed by atoms with Crippen LogP contribution in [0.1, 0.15) is 0 Å². The normalized spacial score (nSPS) is 10.4. The highest BCUT2D eigenvalue weighted by Gasteiger charge is 2.10. The number of nitrogens with zero attached hydrogens (tertiary/aromatic N) is 1. The van der Waals surface area contributed by atoms with E-state index in [1.165, 1.54) is 11.3 Å². The van der Waals surface area contributed by atoms with Crippen molar-refractivity contribution in [1.82, 2.24) is 4.98 Å². The fraction of sp³-hybridized carbons (Fsp3) is 0. The number of nitrogen functional groups attached to an aromatic ring is 1. The summed E-state index contributed by atoms with van der Waals surface area (Å²) < 4.78 is 14.2. The van der Waals surface area contributed by atoms with Gasteiger partial charge in [-0.25, -0.2) is 9.37 Å². The van der Waals surface area contributed by atoms with Crippen molar-refractivity contribution in [2.24, 2.45) is 0 Å². The largest absolute Gasteiger partial charge is 0.375 e. The highest BCUT2D eigenvalue weighted by atomic mass is 127. The van der Waals surface area contributed by atoms with Gasteiger partial charge in [-0.15, -0.1) is 0 Å². The number of nitrogens with two attached hydrogens (primary N) is 1. The van der Waals surface area contributed by atoms with Crippen molar-refractivity contribution in [1.29, 1.82) is 0 Å². The van der Waals surface area contributed by atoms with Gasteiger partial charge in [0.15, 0.2) is 5.13 Å². The second kappa shape index (κ2) is 3.82. The van der Waals surface area contributed by atoms with Crippen LogP contribution >= 0.6 is 33.9 Å². The first-order chi connectivity index (χ1) is 6.68. The fourth-order valence-electron chi connectivity index (χ4n) is 1.11. The van der Waals surface area contributed by atoms with E-state index in [2.05, 4.69) is 4.98 Å². The molecular weight excluding hydrogens is 314 g/mol. The molecule has 0 amide bonds. The van der Waals surface area contributed by atoms with E-state index >= 15 is 0 Å². The van der Waals surface area contributed by atoms with Crippen molar-refractivity contribution in [3.63, 3.8) is 0 Å². The van der Waals surface area contributed by atoms with Crippen LogP contribution in [0.5, 0.6) is 0 Å². The van der Waals surface area contributed by atoms with Crippen molar-refractivity contribution in [3.05, 3.63) is 33.8 Å². The Labute approximate surface area is 98.1 Å². The van der Waals surface area contributed by atoms with Crippen LogP contribution in [-0.2, 0) is 0 Å². The predicted molar refractivity (Wildman–Crippen MR) is 64.6 cm³/mol. The lowest BCUT2D eigenvalue weighted by Gasteiger charge is -2.00. The average molecular weight is 320 g/mol. The van der Waals surface area contributed by atoms with E-state index in [0.717, 1.165) is 4.88 Å². The van der Waals surface area contributed by atoms with Crippen LogP contribution in [0.2, 0.25) is 0 Å². The first kappa shape index (κ1) is 9.85. The van der Waals surface area contributed by atoms with E-state index in [4.69, 9.17) is 5.73 Å². The maximum absolute atomic E-state index is 13.6. The van der Waals surface area contributed by atoms with Gasteiger partial charge >= 0.3 is 0 Å². The summed E-state index contributed by atoms with van der Waals surface area (Å²) in [6, 6.07) is 5.27.